The number of aryl methyl sites for hydroxylation is 1. The number of halogens is 2. The highest BCUT2D eigenvalue weighted by atomic mass is 35.5. The fourth-order valence-electron chi connectivity index (χ4n) is 2.99. The Hall–Kier alpha value is -1.29. The van der Waals surface area contributed by atoms with E-state index >= 15 is 0 Å². The van der Waals surface area contributed by atoms with Crippen molar-refractivity contribution in [1.82, 2.24) is 4.98 Å². The highest BCUT2D eigenvalue weighted by Gasteiger charge is 2.15. The Kier molecular flexibility index (Phi) is 6.36. The standard InChI is InChI=1S/C19H21Cl2NO2/c20-18-11-22-12-19(21)17(18)9-8-14-4-3-7-16(10-14)24-13-23-15-5-1-2-6-15/h3-4,7,10-12,15H,1-2,5-6,8-9,13H2. The first-order valence-corrected chi connectivity index (χ1v) is 9.09. The minimum absolute atomic E-state index is 0.316. The largest absolute Gasteiger partial charge is 0.468 e. The molecule has 0 amide bonds. The number of nitrogens with zero attached hydrogens (tertiary/aromatic N) is 1. The third-order valence-electron chi connectivity index (χ3n) is 4.35. The number of hydrogen-bond acceptors (Lipinski definition) is 3. The first-order chi connectivity index (χ1) is 11.7. The molecule has 0 spiro atoms. The number of rotatable bonds is 7. The van der Waals surface area contributed by atoms with E-state index in [9.17, 15) is 0 Å². The highest BCUT2D eigenvalue weighted by Crippen LogP contribution is 2.25. The van der Waals surface area contributed by atoms with Crippen LogP contribution in [0.5, 0.6) is 5.75 Å². The lowest BCUT2D eigenvalue weighted by Gasteiger charge is -2.13. The summed E-state index contributed by atoms with van der Waals surface area (Å²) >= 11 is 12.3. The molecule has 1 aliphatic rings. The minimum Gasteiger partial charge on any atom is -0.468 e. The Balaban J connectivity index is 1.53. The molecule has 0 saturated heterocycles. The molecule has 3 rings (SSSR count). The number of aromatic nitrogens is 1. The summed E-state index contributed by atoms with van der Waals surface area (Å²) in [5, 5.41) is 1.22. The maximum Gasteiger partial charge on any atom is 0.189 e. The molecule has 1 aromatic heterocycles. The van der Waals surface area contributed by atoms with E-state index in [-0.39, 0.29) is 0 Å². The number of pyridine rings is 1. The second-order valence-electron chi connectivity index (χ2n) is 6.06. The zero-order chi connectivity index (χ0) is 16.8. The smallest absolute Gasteiger partial charge is 0.189 e. The van der Waals surface area contributed by atoms with E-state index in [0.29, 0.717) is 22.9 Å². The number of ether oxygens (including phenoxy) is 2. The van der Waals surface area contributed by atoms with Crippen molar-refractivity contribution >= 4 is 23.2 Å². The highest BCUT2D eigenvalue weighted by molar-refractivity contribution is 6.35. The number of hydrogen-bond donors (Lipinski definition) is 0. The second-order valence-corrected chi connectivity index (χ2v) is 6.88. The van der Waals surface area contributed by atoms with E-state index in [2.05, 4.69) is 11.1 Å². The maximum absolute atomic E-state index is 6.17. The first-order valence-electron chi connectivity index (χ1n) is 8.33. The molecule has 24 heavy (non-hydrogen) atoms. The van der Waals surface area contributed by atoms with Crippen LogP contribution in [0.2, 0.25) is 10.0 Å². The summed E-state index contributed by atoms with van der Waals surface area (Å²) in [6.45, 7) is 0.316. The summed E-state index contributed by atoms with van der Waals surface area (Å²) in [7, 11) is 0. The average Bonchev–Trinajstić information content (AvgIpc) is 3.08. The predicted octanol–water partition coefficient (Wildman–Crippen LogP) is 5.47. The van der Waals surface area contributed by atoms with Crippen molar-refractivity contribution in [1.29, 1.82) is 0 Å². The third-order valence-corrected chi connectivity index (χ3v) is 5.00. The van der Waals surface area contributed by atoms with E-state index in [1.807, 2.05) is 18.2 Å². The maximum atomic E-state index is 6.17. The van der Waals surface area contributed by atoms with Crippen LogP contribution in [0, 0.1) is 0 Å². The molecule has 5 heteroatoms. The monoisotopic (exact) mass is 365 g/mol. The van der Waals surface area contributed by atoms with Gasteiger partial charge in [-0.3, -0.25) is 4.98 Å². The van der Waals surface area contributed by atoms with E-state index in [0.717, 1.165) is 37.0 Å². The average molecular weight is 366 g/mol. The molecular formula is C19H21Cl2NO2. The van der Waals surface area contributed by atoms with Crippen molar-refractivity contribution in [3.05, 3.63) is 57.8 Å². The van der Waals surface area contributed by atoms with Crippen LogP contribution in [0.1, 0.15) is 36.8 Å². The molecule has 0 aliphatic heterocycles. The van der Waals surface area contributed by atoms with Crippen molar-refractivity contribution in [2.24, 2.45) is 0 Å². The summed E-state index contributed by atoms with van der Waals surface area (Å²) in [6, 6.07) is 8.07. The summed E-state index contributed by atoms with van der Waals surface area (Å²) < 4.78 is 11.5. The number of benzene rings is 1. The van der Waals surface area contributed by atoms with Gasteiger partial charge in [-0.15, -0.1) is 0 Å². The molecule has 0 radical (unpaired) electrons. The van der Waals surface area contributed by atoms with Crippen LogP contribution in [0.25, 0.3) is 0 Å². The predicted molar refractivity (Wildman–Crippen MR) is 96.9 cm³/mol. The molecule has 1 heterocycles. The zero-order valence-electron chi connectivity index (χ0n) is 13.5. The molecule has 0 unspecified atom stereocenters. The minimum atomic E-state index is 0.316. The van der Waals surface area contributed by atoms with Crippen LogP contribution in [0.4, 0.5) is 0 Å². The molecule has 0 bridgehead atoms. The lowest BCUT2D eigenvalue weighted by molar-refractivity contribution is -0.0325. The van der Waals surface area contributed by atoms with Gasteiger partial charge in [0.1, 0.15) is 5.75 Å². The summed E-state index contributed by atoms with van der Waals surface area (Å²) in [4.78, 5) is 3.98. The summed E-state index contributed by atoms with van der Waals surface area (Å²) in [6.07, 6.45) is 10.1. The van der Waals surface area contributed by atoms with Gasteiger partial charge in [0.25, 0.3) is 0 Å². The van der Waals surface area contributed by atoms with Gasteiger partial charge in [-0.25, -0.2) is 0 Å². The Morgan fingerprint density at radius 1 is 1.04 bits per heavy atom. The van der Waals surface area contributed by atoms with Crippen molar-refractivity contribution < 1.29 is 9.47 Å². The second kappa shape index (κ2) is 8.70. The van der Waals surface area contributed by atoms with Gasteiger partial charge in [0.2, 0.25) is 0 Å². The van der Waals surface area contributed by atoms with Crippen LogP contribution >= 0.6 is 23.2 Å². The van der Waals surface area contributed by atoms with E-state index in [1.54, 1.807) is 12.4 Å². The molecule has 2 aromatic rings. The zero-order valence-corrected chi connectivity index (χ0v) is 15.0. The summed E-state index contributed by atoms with van der Waals surface area (Å²) in [5.74, 6) is 0.831. The van der Waals surface area contributed by atoms with Gasteiger partial charge in [-0.05, 0) is 48.9 Å². The Bertz CT molecular complexity index is 652. The Labute approximate surface area is 152 Å². The van der Waals surface area contributed by atoms with Crippen molar-refractivity contribution in [2.75, 3.05) is 6.79 Å². The van der Waals surface area contributed by atoms with Crippen molar-refractivity contribution in [3.8, 4) is 5.75 Å². The molecule has 0 N–H and O–H groups in total. The molecule has 1 saturated carbocycles. The van der Waals surface area contributed by atoms with Crippen LogP contribution in [-0.4, -0.2) is 17.9 Å². The summed E-state index contributed by atoms with van der Waals surface area (Å²) in [5.41, 5.74) is 2.11. The van der Waals surface area contributed by atoms with Gasteiger partial charge in [0, 0.05) is 12.4 Å². The molecule has 1 aliphatic carbocycles. The third kappa shape index (κ3) is 4.85. The van der Waals surface area contributed by atoms with Crippen molar-refractivity contribution in [2.45, 2.75) is 44.6 Å². The SMILES string of the molecule is Clc1cncc(Cl)c1CCc1cccc(OCOC2CCCC2)c1. The van der Waals surface area contributed by atoms with Gasteiger partial charge >= 0.3 is 0 Å². The van der Waals surface area contributed by atoms with Crippen molar-refractivity contribution in [3.63, 3.8) is 0 Å². The van der Waals surface area contributed by atoms with E-state index in [1.165, 1.54) is 18.4 Å². The Morgan fingerprint density at radius 3 is 2.54 bits per heavy atom. The van der Waals surface area contributed by atoms with E-state index in [4.69, 9.17) is 32.7 Å². The Morgan fingerprint density at radius 2 is 1.79 bits per heavy atom. The molecular weight excluding hydrogens is 345 g/mol. The van der Waals surface area contributed by atoms with E-state index < -0.39 is 0 Å². The van der Waals surface area contributed by atoms with Crippen LogP contribution < -0.4 is 4.74 Å². The first kappa shape index (κ1) is 17.5. The van der Waals surface area contributed by atoms with Gasteiger partial charge < -0.3 is 9.47 Å². The molecule has 128 valence electrons. The van der Waals surface area contributed by atoms with Gasteiger partial charge in [-0.1, -0.05) is 48.2 Å². The fourth-order valence-corrected chi connectivity index (χ4v) is 3.54. The quantitative estimate of drug-likeness (QED) is 0.609. The van der Waals surface area contributed by atoms with Crippen LogP contribution in [0.15, 0.2) is 36.7 Å². The van der Waals surface area contributed by atoms with Crippen LogP contribution in [-0.2, 0) is 17.6 Å². The topological polar surface area (TPSA) is 31.4 Å². The lowest BCUT2D eigenvalue weighted by atomic mass is 10.1. The fraction of sp³-hybridized carbons (Fsp3) is 0.421. The van der Waals surface area contributed by atoms with Gasteiger partial charge in [-0.2, -0.15) is 0 Å². The van der Waals surface area contributed by atoms with Gasteiger partial charge in [0.15, 0.2) is 6.79 Å². The lowest BCUT2D eigenvalue weighted by Crippen LogP contribution is -2.12. The molecule has 1 fully saturated rings. The molecule has 3 nitrogen and oxygen atoms in total. The molecule has 0 atom stereocenters. The normalized spacial score (nSPS) is 14.9. The van der Waals surface area contributed by atoms with Crippen LogP contribution in [0.3, 0.4) is 0 Å². The molecule has 1 aromatic carbocycles. The van der Waals surface area contributed by atoms with Gasteiger partial charge in [0.05, 0.1) is 16.1 Å².